The smallest absolute Gasteiger partial charge is 0.339 e. The number of rotatable bonds is 5. The number of ether oxygens (including phenoxy) is 1. The summed E-state index contributed by atoms with van der Waals surface area (Å²) in [7, 11) is -3.32. The SMILES string of the molecule is CCOC(=O)c1ccc(C(=O)N2CCCC(NS(C)(=O)=O)C2)nc1C. The topological polar surface area (TPSA) is 106 Å². The van der Waals surface area contributed by atoms with Gasteiger partial charge in [0.15, 0.2) is 0 Å². The molecular formula is C16H23N3O5S. The highest BCUT2D eigenvalue weighted by molar-refractivity contribution is 7.88. The Bertz CT molecular complexity index is 763. The number of amides is 1. The molecule has 0 bridgehead atoms. The van der Waals surface area contributed by atoms with Crippen LogP contribution in [-0.4, -0.2) is 62.2 Å². The molecule has 1 fully saturated rings. The molecule has 9 heteroatoms. The number of sulfonamides is 1. The van der Waals surface area contributed by atoms with E-state index in [1.807, 2.05) is 0 Å². The van der Waals surface area contributed by atoms with Crippen molar-refractivity contribution < 1.29 is 22.7 Å². The predicted octanol–water partition coefficient (Wildman–Crippen LogP) is 0.721. The lowest BCUT2D eigenvalue weighted by atomic mass is 10.1. The number of hydrogen-bond acceptors (Lipinski definition) is 6. The summed E-state index contributed by atoms with van der Waals surface area (Å²) in [5, 5.41) is 0. The number of hydrogen-bond donors (Lipinski definition) is 1. The first kappa shape index (κ1) is 19.3. The second-order valence-electron chi connectivity index (χ2n) is 6.03. The Kier molecular flexibility index (Phi) is 6.12. The summed E-state index contributed by atoms with van der Waals surface area (Å²) in [4.78, 5) is 30.2. The number of nitrogens with one attached hydrogen (secondary N) is 1. The first-order valence-electron chi connectivity index (χ1n) is 8.12. The number of likely N-dealkylation sites (tertiary alicyclic amines) is 1. The first-order chi connectivity index (χ1) is 11.7. The molecule has 1 amide bonds. The lowest BCUT2D eigenvalue weighted by Gasteiger charge is -2.32. The van der Waals surface area contributed by atoms with E-state index in [0.717, 1.165) is 6.26 Å². The molecule has 1 aliphatic rings. The van der Waals surface area contributed by atoms with Gasteiger partial charge in [-0.25, -0.2) is 22.9 Å². The number of pyridine rings is 1. The summed E-state index contributed by atoms with van der Waals surface area (Å²) in [6.07, 6.45) is 2.50. The van der Waals surface area contributed by atoms with Gasteiger partial charge in [0.25, 0.3) is 5.91 Å². The fourth-order valence-corrected chi connectivity index (χ4v) is 3.63. The second-order valence-corrected chi connectivity index (χ2v) is 7.81. The number of aromatic nitrogens is 1. The van der Waals surface area contributed by atoms with Crippen LogP contribution in [0.4, 0.5) is 0 Å². The quantitative estimate of drug-likeness (QED) is 0.767. The molecule has 2 heterocycles. The normalized spacial score (nSPS) is 18.0. The van der Waals surface area contributed by atoms with Crippen molar-refractivity contribution in [1.29, 1.82) is 0 Å². The zero-order valence-electron chi connectivity index (χ0n) is 14.6. The maximum atomic E-state index is 12.6. The molecule has 1 aliphatic heterocycles. The second kappa shape index (κ2) is 7.92. The van der Waals surface area contributed by atoms with E-state index in [-0.39, 0.29) is 24.2 Å². The van der Waals surface area contributed by atoms with E-state index >= 15 is 0 Å². The van der Waals surface area contributed by atoms with Crippen LogP contribution < -0.4 is 4.72 Å². The van der Waals surface area contributed by atoms with E-state index in [9.17, 15) is 18.0 Å². The summed E-state index contributed by atoms with van der Waals surface area (Å²) in [6, 6.07) is 2.73. The van der Waals surface area contributed by atoms with Crippen molar-refractivity contribution in [2.24, 2.45) is 0 Å². The van der Waals surface area contributed by atoms with Crippen LogP contribution in [-0.2, 0) is 14.8 Å². The van der Waals surface area contributed by atoms with Crippen LogP contribution >= 0.6 is 0 Å². The van der Waals surface area contributed by atoms with Gasteiger partial charge in [-0.2, -0.15) is 0 Å². The third-order valence-corrected chi connectivity index (χ3v) is 4.65. The van der Waals surface area contributed by atoms with Crippen LogP contribution in [0.2, 0.25) is 0 Å². The van der Waals surface area contributed by atoms with E-state index < -0.39 is 16.0 Å². The molecular weight excluding hydrogens is 346 g/mol. The lowest BCUT2D eigenvalue weighted by Crippen LogP contribution is -2.49. The van der Waals surface area contributed by atoms with Gasteiger partial charge in [0.1, 0.15) is 5.69 Å². The summed E-state index contributed by atoms with van der Waals surface area (Å²) in [5.41, 5.74) is 0.978. The molecule has 0 aliphatic carbocycles. The number of nitrogens with zero attached hydrogens (tertiary/aromatic N) is 2. The Hall–Kier alpha value is -2.00. The van der Waals surface area contributed by atoms with Gasteiger partial charge in [-0.15, -0.1) is 0 Å². The molecule has 1 saturated heterocycles. The third-order valence-electron chi connectivity index (χ3n) is 3.89. The molecule has 1 N–H and O–H groups in total. The van der Waals surface area contributed by atoms with Gasteiger partial charge in [-0.1, -0.05) is 0 Å². The Balaban J connectivity index is 2.12. The molecule has 25 heavy (non-hydrogen) atoms. The van der Waals surface area contributed by atoms with E-state index in [0.29, 0.717) is 37.2 Å². The van der Waals surface area contributed by atoms with Crippen molar-refractivity contribution in [1.82, 2.24) is 14.6 Å². The van der Waals surface area contributed by atoms with E-state index in [1.54, 1.807) is 18.7 Å². The highest BCUT2D eigenvalue weighted by Crippen LogP contribution is 2.15. The molecule has 1 atom stereocenters. The Morgan fingerprint density at radius 2 is 2.12 bits per heavy atom. The molecule has 1 aromatic rings. The Morgan fingerprint density at radius 3 is 2.72 bits per heavy atom. The van der Waals surface area contributed by atoms with Crippen LogP contribution in [0.3, 0.4) is 0 Å². The standard InChI is InChI=1S/C16H23N3O5S/c1-4-24-16(21)13-7-8-14(17-11(13)2)15(20)19-9-5-6-12(10-19)18-25(3,22)23/h7-8,12,18H,4-6,9-10H2,1-3H3. The molecule has 0 radical (unpaired) electrons. The van der Waals surface area contributed by atoms with E-state index in [1.165, 1.54) is 12.1 Å². The van der Waals surface area contributed by atoms with Gasteiger partial charge in [-0.3, -0.25) is 4.79 Å². The fraction of sp³-hybridized carbons (Fsp3) is 0.562. The molecule has 0 aromatic carbocycles. The van der Waals surface area contributed by atoms with Crippen LogP contribution in [0.25, 0.3) is 0 Å². The van der Waals surface area contributed by atoms with Crippen LogP contribution in [0.5, 0.6) is 0 Å². The molecule has 8 nitrogen and oxygen atoms in total. The maximum absolute atomic E-state index is 12.6. The fourth-order valence-electron chi connectivity index (χ4n) is 2.83. The molecule has 2 rings (SSSR count). The van der Waals surface area contributed by atoms with Crippen molar-refractivity contribution in [3.8, 4) is 0 Å². The number of aryl methyl sites for hydroxylation is 1. The summed E-state index contributed by atoms with van der Waals surface area (Å²) < 4.78 is 30.2. The van der Waals surface area contributed by atoms with Gasteiger partial charge < -0.3 is 9.64 Å². The number of carbonyl (C=O) groups is 2. The molecule has 0 saturated carbocycles. The number of carbonyl (C=O) groups excluding carboxylic acids is 2. The van der Waals surface area contributed by atoms with Crippen LogP contribution in [0.1, 0.15) is 46.3 Å². The monoisotopic (exact) mass is 369 g/mol. The van der Waals surface area contributed by atoms with Gasteiger partial charge in [0, 0.05) is 19.1 Å². The average Bonchev–Trinajstić information content (AvgIpc) is 2.52. The summed E-state index contributed by atoms with van der Waals surface area (Å²) in [6.45, 7) is 4.47. The van der Waals surface area contributed by atoms with Crippen molar-refractivity contribution in [3.05, 3.63) is 29.1 Å². The van der Waals surface area contributed by atoms with Gasteiger partial charge in [-0.05, 0) is 38.8 Å². The minimum Gasteiger partial charge on any atom is -0.462 e. The average molecular weight is 369 g/mol. The molecule has 1 unspecified atom stereocenters. The van der Waals surface area contributed by atoms with E-state index in [4.69, 9.17) is 4.74 Å². The Labute approximate surface area is 147 Å². The zero-order chi connectivity index (χ0) is 18.6. The summed E-state index contributed by atoms with van der Waals surface area (Å²) in [5.74, 6) is -0.750. The molecule has 1 aromatic heterocycles. The molecule has 138 valence electrons. The predicted molar refractivity (Wildman–Crippen MR) is 91.8 cm³/mol. The minimum atomic E-state index is -3.32. The number of piperidine rings is 1. The van der Waals surface area contributed by atoms with E-state index in [2.05, 4.69) is 9.71 Å². The minimum absolute atomic E-state index is 0.227. The zero-order valence-corrected chi connectivity index (χ0v) is 15.4. The third kappa shape index (κ3) is 5.23. The lowest BCUT2D eigenvalue weighted by molar-refractivity contribution is 0.0523. The highest BCUT2D eigenvalue weighted by Gasteiger charge is 2.27. The number of esters is 1. The van der Waals surface area contributed by atoms with Gasteiger partial charge in [0.2, 0.25) is 10.0 Å². The van der Waals surface area contributed by atoms with Crippen molar-refractivity contribution in [2.75, 3.05) is 26.0 Å². The maximum Gasteiger partial charge on any atom is 0.339 e. The van der Waals surface area contributed by atoms with Gasteiger partial charge in [0.05, 0.1) is 24.1 Å². The first-order valence-corrected chi connectivity index (χ1v) is 10.0. The van der Waals surface area contributed by atoms with Crippen molar-refractivity contribution >= 4 is 21.9 Å². The van der Waals surface area contributed by atoms with Crippen molar-refractivity contribution in [2.45, 2.75) is 32.7 Å². The largest absolute Gasteiger partial charge is 0.462 e. The Morgan fingerprint density at radius 1 is 1.40 bits per heavy atom. The van der Waals surface area contributed by atoms with Crippen LogP contribution in [0, 0.1) is 6.92 Å². The van der Waals surface area contributed by atoms with Crippen LogP contribution in [0.15, 0.2) is 12.1 Å². The van der Waals surface area contributed by atoms with Gasteiger partial charge >= 0.3 is 5.97 Å². The highest BCUT2D eigenvalue weighted by atomic mass is 32.2. The summed E-state index contributed by atoms with van der Waals surface area (Å²) >= 11 is 0. The van der Waals surface area contributed by atoms with Crippen molar-refractivity contribution in [3.63, 3.8) is 0 Å². The molecule has 0 spiro atoms.